The number of rotatable bonds is 4. The fourth-order valence-corrected chi connectivity index (χ4v) is 2.24. The van der Waals surface area contributed by atoms with Gasteiger partial charge < -0.3 is 15.0 Å². The van der Waals surface area contributed by atoms with Crippen LogP contribution < -0.4 is 15.0 Å². The number of hydrogen-bond donors (Lipinski definition) is 1. The molecule has 0 radical (unpaired) electrons. The van der Waals surface area contributed by atoms with E-state index in [9.17, 15) is 4.79 Å². The number of carbonyl (C=O) groups excluding carboxylic acids is 1. The number of aromatic nitrogens is 2. The van der Waals surface area contributed by atoms with Crippen LogP contribution in [0.5, 0.6) is 5.88 Å². The molecule has 0 fully saturated rings. The van der Waals surface area contributed by atoms with E-state index in [2.05, 4.69) is 31.2 Å². The average molecular weight is 351 g/mol. The molecular weight excluding hydrogens is 336 g/mol. The van der Waals surface area contributed by atoms with Gasteiger partial charge in [0.05, 0.1) is 18.4 Å². The standard InChI is InChI=1S/C14H15BrN4O2/c1-19(2)10-6-8-17-14(21-3)11(10)18-13(20)9-5-4-7-16-12(9)15/h4-8H,1-3H3,(H,18,20). The zero-order valence-electron chi connectivity index (χ0n) is 11.9. The summed E-state index contributed by atoms with van der Waals surface area (Å²) in [4.78, 5) is 22.4. The van der Waals surface area contributed by atoms with Crippen LogP contribution in [-0.4, -0.2) is 37.1 Å². The van der Waals surface area contributed by atoms with Crippen molar-refractivity contribution in [3.05, 3.63) is 40.8 Å². The van der Waals surface area contributed by atoms with Gasteiger partial charge in [0.25, 0.3) is 5.91 Å². The maximum absolute atomic E-state index is 12.4. The Kier molecular flexibility index (Phi) is 4.74. The lowest BCUT2D eigenvalue weighted by atomic mass is 10.2. The van der Waals surface area contributed by atoms with Gasteiger partial charge in [-0.05, 0) is 34.1 Å². The van der Waals surface area contributed by atoms with E-state index in [0.717, 1.165) is 5.69 Å². The molecule has 0 aliphatic carbocycles. The molecule has 21 heavy (non-hydrogen) atoms. The second kappa shape index (κ2) is 6.53. The van der Waals surface area contributed by atoms with Gasteiger partial charge in [-0.1, -0.05) is 0 Å². The number of carbonyl (C=O) groups is 1. The quantitative estimate of drug-likeness (QED) is 0.858. The highest BCUT2D eigenvalue weighted by Gasteiger charge is 2.17. The van der Waals surface area contributed by atoms with Crippen molar-refractivity contribution in [3.8, 4) is 5.88 Å². The summed E-state index contributed by atoms with van der Waals surface area (Å²) in [7, 11) is 5.27. The fourth-order valence-electron chi connectivity index (χ4n) is 1.81. The number of methoxy groups -OCH3 is 1. The lowest BCUT2D eigenvalue weighted by molar-refractivity contribution is 0.102. The summed E-state index contributed by atoms with van der Waals surface area (Å²) in [5.74, 6) is 0.0685. The van der Waals surface area contributed by atoms with E-state index < -0.39 is 0 Å². The van der Waals surface area contributed by atoms with Crippen LogP contribution in [0.25, 0.3) is 0 Å². The normalized spacial score (nSPS) is 10.1. The zero-order valence-corrected chi connectivity index (χ0v) is 13.5. The summed E-state index contributed by atoms with van der Waals surface area (Å²) >= 11 is 3.26. The Morgan fingerprint density at radius 3 is 2.67 bits per heavy atom. The van der Waals surface area contributed by atoms with E-state index in [1.54, 1.807) is 30.6 Å². The summed E-state index contributed by atoms with van der Waals surface area (Å²) < 4.78 is 5.71. The van der Waals surface area contributed by atoms with E-state index in [1.165, 1.54) is 7.11 Å². The molecule has 6 nitrogen and oxygen atoms in total. The molecule has 0 aliphatic heterocycles. The zero-order chi connectivity index (χ0) is 15.4. The van der Waals surface area contributed by atoms with Gasteiger partial charge in [-0.3, -0.25) is 4.79 Å². The molecule has 2 heterocycles. The van der Waals surface area contributed by atoms with Gasteiger partial charge in [0.1, 0.15) is 10.3 Å². The number of hydrogen-bond acceptors (Lipinski definition) is 5. The molecular formula is C14H15BrN4O2. The van der Waals surface area contributed by atoms with Gasteiger partial charge in [0.2, 0.25) is 5.88 Å². The third-order valence-electron chi connectivity index (χ3n) is 2.81. The van der Waals surface area contributed by atoms with Crippen LogP contribution in [0.2, 0.25) is 0 Å². The molecule has 2 aromatic rings. The van der Waals surface area contributed by atoms with E-state index in [-0.39, 0.29) is 5.91 Å². The van der Waals surface area contributed by atoms with Crippen molar-refractivity contribution in [2.45, 2.75) is 0 Å². The predicted molar refractivity (Wildman–Crippen MR) is 85.0 cm³/mol. The van der Waals surface area contributed by atoms with E-state index in [0.29, 0.717) is 21.7 Å². The Balaban J connectivity index is 2.39. The molecule has 0 saturated carbocycles. The minimum atomic E-state index is -0.288. The molecule has 1 N–H and O–H groups in total. The van der Waals surface area contributed by atoms with Crippen LogP contribution in [0, 0.1) is 0 Å². The summed E-state index contributed by atoms with van der Waals surface area (Å²) in [6, 6.07) is 5.19. The molecule has 2 aromatic heterocycles. The summed E-state index contributed by atoms with van der Waals surface area (Å²) in [5, 5.41) is 2.83. The largest absolute Gasteiger partial charge is 0.479 e. The Morgan fingerprint density at radius 2 is 2.05 bits per heavy atom. The number of halogens is 1. The predicted octanol–water partition coefficient (Wildman–Crippen LogP) is 2.57. The third kappa shape index (κ3) is 3.30. The van der Waals surface area contributed by atoms with E-state index in [1.807, 2.05) is 19.0 Å². The minimum absolute atomic E-state index is 0.288. The van der Waals surface area contributed by atoms with Crippen molar-refractivity contribution in [1.82, 2.24) is 9.97 Å². The first-order valence-electron chi connectivity index (χ1n) is 6.16. The summed E-state index contributed by atoms with van der Waals surface area (Å²) in [6.45, 7) is 0. The van der Waals surface area contributed by atoms with Crippen molar-refractivity contribution in [2.24, 2.45) is 0 Å². The van der Waals surface area contributed by atoms with Crippen LogP contribution in [0.15, 0.2) is 35.2 Å². The van der Waals surface area contributed by atoms with Gasteiger partial charge in [-0.15, -0.1) is 0 Å². The monoisotopic (exact) mass is 350 g/mol. The van der Waals surface area contributed by atoms with Gasteiger partial charge in [-0.25, -0.2) is 9.97 Å². The molecule has 0 aliphatic rings. The van der Waals surface area contributed by atoms with Gasteiger partial charge in [0, 0.05) is 26.5 Å². The van der Waals surface area contributed by atoms with E-state index >= 15 is 0 Å². The van der Waals surface area contributed by atoms with Gasteiger partial charge in [-0.2, -0.15) is 0 Å². The van der Waals surface area contributed by atoms with Crippen LogP contribution in [0.3, 0.4) is 0 Å². The Labute approximate surface area is 131 Å². The summed E-state index contributed by atoms with van der Waals surface area (Å²) in [5.41, 5.74) is 1.76. The van der Waals surface area contributed by atoms with Gasteiger partial charge >= 0.3 is 0 Å². The molecule has 2 rings (SSSR count). The third-order valence-corrected chi connectivity index (χ3v) is 3.44. The first-order chi connectivity index (χ1) is 10.0. The molecule has 0 bridgehead atoms. The molecule has 0 unspecified atom stereocenters. The number of nitrogens with zero attached hydrogens (tertiary/aromatic N) is 3. The van der Waals surface area contributed by atoms with Crippen molar-refractivity contribution in [3.63, 3.8) is 0 Å². The fraction of sp³-hybridized carbons (Fsp3) is 0.214. The van der Waals surface area contributed by atoms with Crippen molar-refractivity contribution in [1.29, 1.82) is 0 Å². The van der Waals surface area contributed by atoms with E-state index in [4.69, 9.17) is 4.74 Å². The molecule has 0 aromatic carbocycles. The number of anilines is 2. The van der Waals surface area contributed by atoms with Crippen LogP contribution in [-0.2, 0) is 0 Å². The highest BCUT2D eigenvalue weighted by atomic mass is 79.9. The lowest BCUT2D eigenvalue weighted by Crippen LogP contribution is -2.18. The Hall–Kier alpha value is -2.15. The lowest BCUT2D eigenvalue weighted by Gasteiger charge is -2.19. The Bertz CT molecular complexity index is 661. The Morgan fingerprint density at radius 1 is 1.29 bits per heavy atom. The SMILES string of the molecule is COc1nccc(N(C)C)c1NC(=O)c1cccnc1Br. The van der Waals surface area contributed by atoms with Crippen LogP contribution >= 0.6 is 15.9 Å². The number of pyridine rings is 2. The van der Waals surface area contributed by atoms with Crippen molar-refractivity contribution < 1.29 is 9.53 Å². The maximum atomic E-state index is 12.4. The second-order valence-electron chi connectivity index (χ2n) is 4.40. The molecule has 0 spiro atoms. The topological polar surface area (TPSA) is 67.3 Å². The van der Waals surface area contributed by atoms with Crippen molar-refractivity contribution in [2.75, 3.05) is 31.4 Å². The minimum Gasteiger partial charge on any atom is -0.479 e. The maximum Gasteiger partial charge on any atom is 0.258 e. The highest BCUT2D eigenvalue weighted by molar-refractivity contribution is 9.10. The molecule has 0 atom stereocenters. The first-order valence-corrected chi connectivity index (χ1v) is 6.96. The highest BCUT2D eigenvalue weighted by Crippen LogP contribution is 2.32. The molecule has 1 amide bonds. The first kappa shape index (κ1) is 15.2. The van der Waals surface area contributed by atoms with Crippen molar-refractivity contribution >= 4 is 33.2 Å². The van der Waals surface area contributed by atoms with Crippen LogP contribution in [0.4, 0.5) is 11.4 Å². The number of ether oxygens (including phenoxy) is 1. The number of nitrogens with one attached hydrogen (secondary N) is 1. The summed E-state index contributed by atoms with van der Waals surface area (Å²) in [6.07, 6.45) is 3.24. The molecule has 110 valence electrons. The smallest absolute Gasteiger partial charge is 0.258 e. The van der Waals surface area contributed by atoms with Gasteiger partial charge in [0.15, 0.2) is 0 Å². The second-order valence-corrected chi connectivity index (χ2v) is 5.16. The van der Waals surface area contributed by atoms with Crippen LogP contribution in [0.1, 0.15) is 10.4 Å². The number of amides is 1. The molecule has 0 saturated heterocycles. The average Bonchev–Trinajstić information content (AvgIpc) is 2.47. The molecule has 7 heteroatoms.